The molecule has 0 bridgehead atoms. The predicted octanol–water partition coefficient (Wildman–Crippen LogP) is 1.04. The topological polar surface area (TPSA) is 46.8 Å². The average molecular weight is 237 g/mol. The molecule has 0 radical (unpaired) electrons. The minimum absolute atomic E-state index is 0.119. The zero-order valence-electron chi connectivity index (χ0n) is 9.55. The van der Waals surface area contributed by atoms with Gasteiger partial charge in [0.15, 0.2) is 0 Å². The zero-order chi connectivity index (χ0) is 12.4. The largest absolute Gasteiger partial charge is 0.304 e. The first-order chi connectivity index (χ1) is 8.10. The number of carbonyl (C=O) groups is 1. The fraction of sp³-hybridized carbons (Fsp3) is 0.273. The van der Waals surface area contributed by atoms with E-state index in [1.165, 1.54) is 26.4 Å². The number of hydrogen-bond donors (Lipinski definition) is 0. The van der Waals surface area contributed by atoms with Crippen molar-refractivity contribution in [3.63, 3.8) is 0 Å². The zero-order valence-corrected chi connectivity index (χ0v) is 9.55. The van der Waals surface area contributed by atoms with Crippen LogP contribution in [-0.2, 0) is 16.1 Å². The second-order valence-corrected chi connectivity index (χ2v) is 3.60. The van der Waals surface area contributed by atoms with Gasteiger partial charge in [-0.2, -0.15) is 0 Å². The molecule has 0 atom stereocenters. The van der Waals surface area contributed by atoms with Crippen LogP contribution < -0.4 is 0 Å². The lowest BCUT2D eigenvalue weighted by atomic mass is 10.3. The van der Waals surface area contributed by atoms with Gasteiger partial charge < -0.3 is 4.40 Å². The van der Waals surface area contributed by atoms with Crippen LogP contribution in [0.5, 0.6) is 0 Å². The lowest BCUT2D eigenvalue weighted by Gasteiger charge is -2.11. The number of amides is 1. The number of pyridine rings is 1. The Morgan fingerprint density at radius 2 is 2.29 bits per heavy atom. The summed E-state index contributed by atoms with van der Waals surface area (Å²) in [5.41, 5.74) is 1.18. The third-order valence-electron chi connectivity index (χ3n) is 2.42. The summed E-state index contributed by atoms with van der Waals surface area (Å²) >= 11 is 0. The van der Waals surface area contributed by atoms with Crippen LogP contribution in [0.1, 0.15) is 5.69 Å². The number of fused-ring (bicyclic) bond motifs is 1. The number of rotatable bonds is 3. The minimum Gasteiger partial charge on any atom is -0.304 e. The summed E-state index contributed by atoms with van der Waals surface area (Å²) in [7, 11) is 2.94. The quantitative estimate of drug-likeness (QED) is 0.749. The summed E-state index contributed by atoms with van der Waals surface area (Å²) < 4.78 is 14.5. The highest BCUT2D eigenvalue weighted by Crippen LogP contribution is 2.08. The van der Waals surface area contributed by atoms with Gasteiger partial charge in [0.05, 0.1) is 19.2 Å². The first kappa shape index (κ1) is 11.5. The Morgan fingerprint density at radius 1 is 1.53 bits per heavy atom. The Kier molecular flexibility index (Phi) is 3.06. The SMILES string of the molecule is CON(C)C(=O)Cc1cn2cc(F)ccc2n1. The molecule has 6 heteroatoms. The van der Waals surface area contributed by atoms with E-state index in [-0.39, 0.29) is 18.1 Å². The maximum absolute atomic E-state index is 12.9. The van der Waals surface area contributed by atoms with Crippen LogP contribution >= 0.6 is 0 Å². The van der Waals surface area contributed by atoms with Crippen LogP contribution in [-0.4, -0.2) is 34.5 Å². The predicted molar refractivity (Wildman–Crippen MR) is 58.6 cm³/mol. The van der Waals surface area contributed by atoms with Gasteiger partial charge in [-0.1, -0.05) is 0 Å². The lowest BCUT2D eigenvalue weighted by Crippen LogP contribution is -2.27. The van der Waals surface area contributed by atoms with Gasteiger partial charge in [0, 0.05) is 19.4 Å². The van der Waals surface area contributed by atoms with Crippen molar-refractivity contribution in [1.29, 1.82) is 0 Å². The average Bonchev–Trinajstić information content (AvgIpc) is 2.69. The minimum atomic E-state index is -0.346. The molecule has 2 rings (SSSR count). The number of imidazole rings is 1. The number of hydrogen-bond acceptors (Lipinski definition) is 3. The summed E-state index contributed by atoms with van der Waals surface area (Å²) in [6.07, 6.45) is 3.06. The Bertz CT molecular complexity index is 553. The number of hydroxylamine groups is 2. The summed E-state index contributed by atoms with van der Waals surface area (Å²) in [5.74, 6) is -0.557. The van der Waals surface area contributed by atoms with Crippen molar-refractivity contribution in [3.8, 4) is 0 Å². The summed E-state index contributed by atoms with van der Waals surface area (Å²) in [5, 5.41) is 1.13. The van der Waals surface area contributed by atoms with Gasteiger partial charge in [-0.15, -0.1) is 0 Å². The van der Waals surface area contributed by atoms with Crippen LogP contribution in [0.25, 0.3) is 5.65 Å². The fourth-order valence-electron chi connectivity index (χ4n) is 1.47. The van der Waals surface area contributed by atoms with Crippen molar-refractivity contribution < 1.29 is 14.0 Å². The molecule has 0 fully saturated rings. The molecule has 0 aliphatic carbocycles. The second-order valence-electron chi connectivity index (χ2n) is 3.60. The van der Waals surface area contributed by atoms with Crippen molar-refractivity contribution in [2.45, 2.75) is 6.42 Å². The van der Waals surface area contributed by atoms with Crippen molar-refractivity contribution in [2.75, 3.05) is 14.2 Å². The second kappa shape index (κ2) is 4.50. The van der Waals surface area contributed by atoms with Crippen molar-refractivity contribution in [3.05, 3.63) is 36.0 Å². The molecule has 0 aliphatic heterocycles. The Hall–Kier alpha value is -1.95. The lowest BCUT2D eigenvalue weighted by molar-refractivity contribution is -0.167. The molecule has 0 saturated heterocycles. The molecular formula is C11H12FN3O2. The molecule has 0 spiro atoms. The van der Waals surface area contributed by atoms with Crippen LogP contribution in [0.4, 0.5) is 4.39 Å². The van der Waals surface area contributed by atoms with Crippen molar-refractivity contribution in [1.82, 2.24) is 14.4 Å². The Morgan fingerprint density at radius 3 is 3.00 bits per heavy atom. The third-order valence-corrected chi connectivity index (χ3v) is 2.42. The highest BCUT2D eigenvalue weighted by Gasteiger charge is 2.11. The Labute approximate surface area is 97.4 Å². The number of halogens is 1. The first-order valence-electron chi connectivity index (χ1n) is 5.04. The monoisotopic (exact) mass is 237 g/mol. The number of aromatic nitrogens is 2. The fourth-order valence-corrected chi connectivity index (χ4v) is 1.47. The van der Waals surface area contributed by atoms with Gasteiger partial charge in [0.25, 0.3) is 5.91 Å². The Balaban J connectivity index is 2.22. The van der Waals surface area contributed by atoms with E-state index in [1.807, 2.05) is 0 Å². The molecule has 90 valence electrons. The van der Waals surface area contributed by atoms with Crippen molar-refractivity contribution in [2.24, 2.45) is 0 Å². The molecule has 2 aromatic rings. The van der Waals surface area contributed by atoms with E-state index < -0.39 is 0 Å². The van der Waals surface area contributed by atoms with E-state index in [2.05, 4.69) is 4.98 Å². The first-order valence-corrected chi connectivity index (χ1v) is 5.04. The van der Waals surface area contributed by atoms with Gasteiger partial charge in [0.1, 0.15) is 11.5 Å². The summed E-state index contributed by atoms with van der Waals surface area (Å²) in [4.78, 5) is 20.5. The standard InChI is InChI=1S/C11H12FN3O2/c1-14(17-2)11(16)5-9-7-15-6-8(12)3-4-10(15)13-9/h3-4,6-7H,5H2,1-2H3. The molecule has 2 aromatic heterocycles. The van der Waals surface area contributed by atoms with E-state index in [0.717, 1.165) is 5.06 Å². The molecule has 0 unspecified atom stereocenters. The summed E-state index contributed by atoms with van der Waals surface area (Å²) in [6.45, 7) is 0. The molecule has 0 aliphatic rings. The molecule has 0 aromatic carbocycles. The maximum atomic E-state index is 12.9. The molecule has 5 nitrogen and oxygen atoms in total. The van der Waals surface area contributed by atoms with Crippen LogP contribution in [0, 0.1) is 5.82 Å². The van der Waals surface area contributed by atoms with E-state index in [9.17, 15) is 9.18 Å². The van der Waals surface area contributed by atoms with Crippen molar-refractivity contribution >= 4 is 11.6 Å². The normalized spacial score (nSPS) is 10.8. The molecule has 0 saturated carbocycles. The van der Waals surface area contributed by atoms with Crippen LogP contribution in [0.15, 0.2) is 24.5 Å². The van der Waals surface area contributed by atoms with Crippen LogP contribution in [0.2, 0.25) is 0 Å². The van der Waals surface area contributed by atoms with Gasteiger partial charge in [0.2, 0.25) is 0 Å². The number of likely N-dealkylation sites (N-methyl/N-ethyl adjacent to an activating group) is 1. The number of carbonyl (C=O) groups excluding carboxylic acids is 1. The highest BCUT2D eigenvalue weighted by atomic mass is 19.1. The van der Waals surface area contributed by atoms with Gasteiger partial charge in [-0.3, -0.25) is 9.63 Å². The van der Waals surface area contributed by atoms with E-state index >= 15 is 0 Å². The van der Waals surface area contributed by atoms with Gasteiger partial charge in [-0.05, 0) is 12.1 Å². The smallest absolute Gasteiger partial charge is 0.251 e. The molecular weight excluding hydrogens is 225 g/mol. The van der Waals surface area contributed by atoms with Gasteiger partial charge >= 0.3 is 0 Å². The maximum Gasteiger partial charge on any atom is 0.251 e. The number of nitrogens with zero attached hydrogens (tertiary/aromatic N) is 3. The van der Waals surface area contributed by atoms with E-state index in [1.54, 1.807) is 16.7 Å². The van der Waals surface area contributed by atoms with E-state index in [4.69, 9.17) is 4.84 Å². The van der Waals surface area contributed by atoms with Gasteiger partial charge in [-0.25, -0.2) is 14.4 Å². The molecule has 0 N–H and O–H groups in total. The highest BCUT2D eigenvalue weighted by molar-refractivity contribution is 5.77. The molecule has 1 amide bonds. The van der Waals surface area contributed by atoms with E-state index in [0.29, 0.717) is 11.3 Å². The molecule has 17 heavy (non-hydrogen) atoms. The van der Waals surface area contributed by atoms with Crippen LogP contribution in [0.3, 0.4) is 0 Å². The molecule has 2 heterocycles. The third kappa shape index (κ3) is 2.42. The summed E-state index contributed by atoms with van der Waals surface area (Å²) in [6, 6.07) is 2.89.